The molecular formula is C17H16BrNO. The minimum Gasteiger partial charge on any atom is -0.280 e. The van der Waals surface area contributed by atoms with Crippen LogP contribution in [0.15, 0.2) is 48.5 Å². The van der Waals surface area contributed by atoms with Gasteiger partial charge in [0.25, 0.3) is 0 Å². The van der Waals surface area contributed by atoms with Gasteiger partial charge in [0.1, 0.15) is 0 Å². The number of benzene rings is 2. The number of halogens is 1. The normalized spacial score (nSPS) is 15.0. The van der Waals surface area contributed by atoms with E-state index in [1.54, 1.807) is 0 Å². The Kier molecular flexibility index (Phi) is 3.62. The molecule has 1 aliphatic heterocycles. The maximum atomic E-state index is 12.7. The van der Waals surface area contributed by atoms with Crippen molar-refractivity contribution in [1.29, 1.82) is 0 Å². The lowest BCUT2D eigenvalue weighted by Crippen LogP contribution is -2.32. The molecule has 3 rings (SSSR count). The zero-order valence-corrected chi connectivity index (χ0v) is 12.9. The van der Waals surface area contributed by atoms with Crippen LogP contribution in [-0.4, -0.2) is 10.7 Å². The molecule has 0 bridgehead atoms. The van der Waals surface area contributed by atoms with Crippen molar-refractivity contribution in [2.75, 3.05) is 4.90 Å². The van der Waals surface area contributed by atoms with Gasteiger partial charge >= 0.3 is 0 Å². The van der Waals surface area contributed by atoms with Gasteiger partial charge in [-0.3, -0.25) is 9.69 Å². The van der Waals surface area contributed by atoms with Gasteiger partial charge in [-0.15, -0.1) is 0 Å². The minimum absolute atomic E-state index is 0.0757. The van der Waals surface area contributed by atoms with Gasteiger partial charge in [0.05, 0.1) is 16.2 Å². The number of anilines is 2. The highest BCUT2D eigenvalue weighted by Crippen LogP contribution is 2.36. The van der Waals surface area contributed by atoms with Gasteiger partial charge in [-0.2, -0.15) is 0 Å². The van der Waals surface area contributed by atoms with Crippen LogP contribution in [0.2, 0.25) is 0 Å². The van der Waals surface area contributed by atoms with Gasteiger partial charge in [-0.1, -0.05) is 52.3 Å². The summed E-state index contributed by atoms with van der Waals surface area (Å²) in [6.45, 7) is 1.87. The highest BCUT2D eigenvalue weighted by molar-refractivity contribution is 9.10. The third kappa shape index (κ3) is 2.27. The van der Waals surface area contributed by atoms with E-state index in [1.165, 1.54) is 11.1 Å². The van der Waals surface area contributed by atoms with Gasteiger partial charge in [0, 0.05) is 0 Å². The van der Waals surface area contributed by atoms with Crippen molar-refractivity contribution < 1.29 is 4.79 Å². The largest absolute Gasteiger partial charge is 0.280 e. The Balaban J connectivity index is 2.21. The van der Waals surface area contributed by atoms with Crippen LogP contribution in [0.1, 0.15) is 18.1 Å². The van der Waals surface area contributed by atoms with Crippen molar-refractivity contribution in [2.24, 2.45) is 0 Å². The van der Waals surface area contributed by atoms with Crippen molar-refractivity contribution in [2.45, 2.75) is 24.6 Å². The first kappa shape index (κ1) is 13.4. The number of para-hydroxylation sites is 2. The van der Waals surface area contributed by atoms with Gasteiger partial charge in [-0.05, 0) is 43.0 Å². The van der Waals surface area contributed by atoms with E-state index in [2.05, 4.69) is 28.1 Å². The van der Waals surface area contributed by atoms with E-state index in [0.717, 1.165) is 24.2 Å². The van der Waals surface area contributed by atoms with Gasteiger partial charge in [-0.25, -0.2) is 0 Å². The van der Waals surface area contributed by atoms with Gasteiger partial charge < -0.3 is 0 Å². The molecule has 0 radical (unpaired) electrons. The predicted octanol–water partition coefficient (Wildman–Crippen LogP) is 4.23. The second-order valence-corrected chi connectivity index (χ2v) is 6.42. The number of aryl methyl sites for hydroxylation is 2. The van der Waals surface area contributed by atoms with Crippen LogP contribution < -0.4 is 4.90 Å². The van der Waals surface area contributed by atoms with Crippen LogP contribution in [0.25, 0.3) is 0 Å². The Labute approximate surface area is 127 Å². The fourth-order valence-electron chi connectivity index (χ4n) is 2.70. The minimum atomic E-state index is -0.207. The summed E-state index contributed by atoms with van der Waals surface area (Å²) in [5, 5.41) is 0. The molecule has 2 aromatic carbocycles. The first-order valence-electron chi connectivity index (χ1n) is 6.82. The van der Waals surface area contributed by atoms with Crippen LogP contribution in [0.3, 0.4) is 0 Å². The van der Waals surface area contributed by atoms with E-state index in [4.69, 9.17) is 0 Å². The van der Waals surface area contributed by atoms with Crippen LogP contribution in [-0.2, 0) is 17.6 Å². The second-order valence-electron chi connectivity index (χ2n) is 5.05. The third-order valence-corrected chi connectivity index (χ3v) is 4.08. The molecule has 3 heteroatoms. The molecule has 0 aliphatic carbocycles. The average Bonchev–Trinajstić information content (AvgIpc) is 2.63. The molecular weight excluding hydrogens is 314 g/mol. The monoisotopic (exact) mass is 329 g/mol. The number of fused-ring (bicyclic) bond motifs is 2. The van der Waals surface area contributed by atoms with Gasteiger partial charge in [0.2, 0.25) is 5.91 Å². The zero-order valence-electron chi connectivity index (χ0n) is 11.3. The van der Waals surface area contributed by atoms with Gasteiger partial charge in [0.15, 0.2) is 0 Å². The molecule has 1 atom stereocenters. The quantitative estimate of drug-likeness (QED) is 0.717. The number of carbonyl (C=O) groups is 1. The van der Waals surface area contributed by atoms with E-state index in [0.29, 0.717) is 0 Å². The van der Waals surface area contributed by atoms with Crippen molar-refractivity contribution in [3.05, 3.63) is 59.7 Å². The molecule has 1 amide bonds. The number of hydrogen-bond acceptors (Lipinski definition) is 1. The fourth-order valence-corrected chi connectivity index (χ4v) is 2.90. The maximum Gasteiger partial charge on any atom is 0.245 e. The Morgan fingerprint density at radius 1 is 1.00 bits per heavy atom. The summed E-state index contributed by atoms with van der Waals surface area (Å²) in [4.78, 5) is 14.3. The first-order valence-corrected chi connectivity index (χ1v) is 7.74. The molecule has 2 nitrogen and oxygen atoms in total. The van der Waals surface area contributed by atoms with E-state index in [-0.39, 0.29) is 10.7 Å². The first-order chi connectivity index (χ1) is 9.68. The smallest absolute Gasteiger partial charge is 0.245 e. The maximum absolute atomic E-state index is 12.7. The lowest BCUT2D eigenvalue weighted by atomic mass is 10.0. The number of alkyl halides is 1. The van der Waals surface area contributed by atoms with Crippen LogP contribution >= 0.6 is 15.9 Å². The standard InChI is InChI=1S/C17H16BrNO/c1-12(18)17(20)19-15-8-4-2-6-13(15)10-11-14-7-3-5-9-16(14)19/h2-9,12H,10-11H2,1H3. The molecule has 0 saturated heterocycles. The van der Waals surface area contributed by atoms with Crippen LogP contribution in [0.4, 0.5) is 11.4 Å². The van der Waals surface area contributed by atoms with Crippen LogP contribution in [0, 0.1) is 0 Å². The van der Waals surface area contributed by atoms with Crippen LogP contribution in [0.5, 0.6) is 0 Å². The molecule has 1 aliphatic rings. The van der Waals surface area contributed by atoms with Crippen molar-refractivity contribution in [3.8, 4) is 0 Å². The molecule has 0 spiro atoms. The van der Waals surface area contributed by atoms with Crippen molar-refractivity contribution in [1.82, 2.24) is 0 Å². The lowest BCUT2D eigenvalue weighted by Gasteiger charge is -2.26. The van der Waals surface area contributed by atoms with E-state index >= 15 is 0 Å². The van der Waals surface area contributed by atoms with Crippen molar-refractivity contribution >= 4 is 33.2 Å². The Morgan fingerprint density at radius 2 is 1.45 bits per heavy atom. The molecule has 2 aromatic rings. The molecule has 0 aromatic heterocycles. The summed E-state index contributed by atoms with van der Waals surface area (Å²) in [5.41, 5.74) is 4.47. The molecule has 0 fully saturated rings. The van der Waals surface area contributed by atoms with E-state index < -0.39 is 0 Å². The predicted molar refractivity (Wildman–Crippen MR) is 85.8 cm³/mol. The number of hydrogen-bond donors (Lipinski definition) is 0. The summed E-state index contributed by atoms with van der Waals surface area (Å²) in [6, 6.07) is 16.3. The average molecular weight is 330 g/mol. The van der Waals surface area contributed by atoms with Crippen molar-refractivity contribution in [3.63, 3.8) is 0 Å². The summed E-state index contributed by atoms with van der Waals surface area (Å²) < 4.78 is 0. The Morgan fingerprint density at radius 3 is 1.90 bits per heavy atom. The molecule has 0 saturated carbocycles. The number of nitrogens with zero attached hydrogens (tertiary/aromatic N) is 1. The SMILES string of the molecule is CC(Br)C(=O)N1c2ccccc2CCc2ccccc21. The van der Waals surface area contributed by atoms with E-state index in [1.807, 2.05) is 48.2 Å². The highest BCUT2D eigenvalue weighted by atomic mass is 79.9. The number of amides is 1. The second kappa shape index (κ2) is 5.41. The topological polar surface area (TPSA) is 20.3 Å². The Bertz CT molecular complexity index is 603. The molecule has 0 N–H and O–H groups in total. The summed E-state index contributed by atoms with van der Waals surface area (Å²) in [5.74, 6) is 0.0757. The molecule has 1 heterocycles. The summed E-state index contributed by atoms with van der Waals surface area (Å²) in [6.07, 6.45) is 1.93. The molecule has 1 unspecified atom stereocenters. The summed E-state index contributed by atoms with van der Waals surface area (Å²) >= 11 is 3.41. The lowest BCUT2D eigenvalue weighted by molar-refractivity contribution is -0.117. The summed E-state index contributed by atoms with van der Waals surface area (Å²) in [7, 11) is 0. The number of rotatable bonds is 1. The molecule has 20 heavy (non-hydrogen) atoms. The van der Waals surface area contributed by atoms with E-state index in [9.17, 15) is 4.79 Å². The third-order valence-electron chi connectivity index (χ3n) is 3.69. The molecule has 102 valence electrons. The highest BCUT2D eigenvalue weighted by Gasteiger charge is 2.27. The number of carbonyl (C=O) groups excluding carboxylic acids is 1. The zero-order chi connectivity index (χ0) is 14.1. The Hall–Kier alpha value is -1.61. The fraction of sp³-hybridized carbons (Fsp3) is 0.235.